The molecule has 3 aromatic heterocycles. The molecule has 236 valence electrons. The number of para-hydroxylation sites is 1. The van der Waals surface area contributed by atoms with E-state index < -0.39 is 0 Å². The molecule has 0 aliphatic heterocycles. The lowest BCUT2D eigenvalue weighted by Gasteiger charge is -2.12. The van der Waals surface area contributed by atoms with Crippen molar-refractivity contribution in [2.45, 2.75) is 0 Å². The van der Waals surface area contributed by atoms with Crippen molar-refractivity contribution in [2.75, 3.05) is 0 Å². The van der Waals surface area contributed by atoms with Crippen molar-refractivity contribution in [1.29, 1.82) is 0 Å². The van der Waals surface area contributed by atoms with Gasteiger partial charge in [-0.15, -0.1) is 0 Å². The summed E-state index contributed by atoms with van der Waals surface area (Å²) < 4.78 is 2.27. The lowest BCUT2D eigenvalue weighted by molar-refractivity contribution is 1.07. The van der Waals surface area contributed by atoms with Crippen LogP contribution in [0.4, 0.5) is 0 Å². The molecule has 0 fully saturated rings. The van der Waals surface area contributed by atoms with E-state index in [9.17, 15) is 0 Å². The van der Waals surface area contributed by atoms with Crippen LogP contribution in [0.25, 0.3) is 105 Å². The van der Waals surface area contributed by atoms with Crippen molar-refractivity contribution in [3.05, 3.63) is 164 Å². The Balaban J connectivity index is 1.14. The molecule has 0 N–H and O–H groups in total. The maximum absolute atomic E-state index is 5.22. The summed E-state index contributed by atoms with van der Waals surface area (Å²) in [6.45, 7) is 0. The van der Waals surface area contributed by atoms with Gasteiger partial charge in [0.15, 0.2) is 17.5 Å². The molecule has 5 heteroatoms. The predicted molar refractivity (Wildman–Crippen MR) is 210 cm³/mol. The zero-order chi connectivity index (χ0) is 33.5. The Morgan fingerprint density at radius 2 is 0.765 bits per heavy atom. The summed E-state index contributed by atoms with van der Waals surface area (Å²) in [4.78, 5) is 20.5. The first kappa shape index (κ1) is 27.9. The van der Waals surface area contributed by atoms with Crippen molar-refractivity contribution in [3.63, 3.8) is 0 Å². The minimum Gasteiger partial charge on any atom is -0.292 e. The van der Waals surface area contributed by atoms with Crippen molar-refractivity contribution < 1.29 is 0 Å². The second kappa shape index (κ2) is 10.8. The molecule has 0 bridgehead atoms. The molecule has 11 aromatic rings. The smallest absolute Gasteiger partial charge is 0.164 e. The summed E-state index contributed by atoms with van der Waals surface area (Å²) in [7, 11) is 0. The highest BCUT2D eigenvalue weighted by Gasteiger charge is 2.18. The number of benzene rings is 8. The van der Waals surface area contributed by atoms with E-state index in [0.29, 0.717) is 17.5 Å². The third-order valence-corrected chi connectivity index (χ3v) is 10.2. The van der Waals surface area contributed by atoms with Gasteiger partial charge in [-0.1, -0.05) is 133 Å². The van der Waals surface area contributed by atoms with Gasteiger partial charge in [0.05, 0.1) is 16.6 Å². The van der Waals surface area contributed by atoms with Gasteiger partial charge in [-0.05, 0) is 68.0 Å². The Kier molecular flexibility index (Phi) is 5.89. The molecule has 11 rings (SSSR count). The Hall–Kier alpha value is -6.98. The maximum Gasteiger partial charge on any atom is 0.164 e. The van der Waals surface area contributed by atoms with Crippen molar-refractivity contribution in [2.24, 2.45) is 0 Å². The monoisotopic (exact) mass is 649 g/mol. The maximum atomic E-state index is 5.22. The Morgan fingerprint density at radius 1 is 0.294 bits per heavy atom. The summed E-state index contributed by atoms with van der Waals surface area (Å²) in [5.74, 6) is 1.87. The third kappa shape index (κ3) is 4.22. The normalized spacial score (nSPS) is 11.9. The largest absolute Gasteiger partial charge is 0.292 e. The van der Waals surface area contributed by atoms with Crippen molar-refractivity contribution >= 4 is 70.7 Å². The summed E-state index contributed by atoms with van der Waals surface area (Å²) >= 11 is 0. The SMILES string of the molecule is c1ccc(-c2nc(-c3ccc4c(c3)nc3c5ccccc5c5ccccc5n43)nc(-c3ccc4c5ccccc5c5ccccc5c4c3)n2)cc1. The Bertz CT molecular complexity index is 3160. The molecule has 0 unspecified atom stereocenters. The number of rotatable bonds is 3. The fourth-order valence-corrected chi connectivity index (χ4v) is 7.85. The standard InChI is InChI=1S/C46H27N5/c1-2-12-28(13-3-1)43-48-44(29-22-24-36-33-16-5-4-14-31(33)32-15-6-7-17-34(32)39(36)26-29)50-45(49-43)30-23-25-42-40(27-30)47-46-38-20-9-8-18-35(38)37-19-10-11-21-41(37)51(42)46/h1-27H. The fourth-order valence-electron chi connectivity index (χ4n) is 7.85. The third-order valence-electron chi connectivity index (χ3n) is 10.2. The van der Waals surface area contributed by atoms with Gasteiger partial charge in [-0.25, -0.2) is 19.9 Å². The summed E-state index contributed by atoms with van der Waals surface area (Å²) in [6, 6.07) is 57.4. The van der Waals surface area contributed by atoms with Crippen LogP contribution in [0.3, 0.4) is 0 Å². The number of hydrogen-bond acceptors (Lipinski definition) is 4. The van der Waals surface area contributed by atoms with E-state index in [1.165, 1.54) is 43.1 Å². The first-order valence-corrected chi connectivity index (χ1v) is 17.2. The number of nitrogens with zero attached hydrogens (tertiary/aromatic N) is 5. The highest BCUT2D eigenvalue weighted by Crippen LogP contribution is 2.38. The predicted octanol–water partition coefficient (Wildman–Crippen LogP) is 11.4. The van der Waals surface area contributed by atoms with E-state index in [1.54, 1.807) is 0 Å². The molecule has 0 spiro atoms. The average Bonchev–Trinajstić information content (AvgIpc) is 3.60. The van der Waals surface area contributed by atoms with Crippen LogP contribution in [0, 0.1) is 0 Å². The second-order valence-electron chi connectivity index (χ2n) is 13.1. The van der Waals surface area contributed by atoms with Crippen LogP contribution in [-0.4, -0.2) is 24.3 Å². The lowest BCUT2D eigenvalue weighted by Crippen LogP contribution is -2.00. The van der Waals surface area contributed by atoms with Crippen LogP contribution >= 0.6 is 0 Å². The molecule has 8 aromatic carbocycles. The quantitative estimate of drug-likeness (QED) is 0.179. The van der Waals surface area contributed by atoms with E-state index in [4.69, 9.17) is 19.9 Å². The summed E-state index contributed by atoms with van der Waals surface area (Å²) in [5.41, 5.74) is 6.77. The molecule has 0 atom stereocenters. The molecular formula is C46H27N5. The fraction of sp³-hybridized carbons (Fsp3) is 0. The molecule has 5 nitrogen and oxygen atoms in total. The van der Waals surface area contributed by atoms with Gasteiger partial charge in [0.1, 0.15) is 5.65 Å². The summed E-state index contributed by atoms with van der Waals surface area (Å²) in [6.07, 6.45) is 0. The first-order valence-electron chi connectivity index (χ1n) is 17.2. The lowest BCUT2D eigenvalue weighted by atomic mass is 9.93. The van der Waals surface area contributed by atoms with E-state index in [2.05, 4.69) is 138 Å². The number of aromatic nitrogens is 5. The van der Waals surface area contributed by atoms with E-state index in [1.807, 2.05) is 30.3 Å². The minimum atomic E-state index is 0.607. The van der Waals surface area contributed by atoms with E-state index in [-0.39, 0.29) is 0 Å². The highest BCUT2D eigenvalue weighted by atomic mass is 15.0. The first-order chi connectivity index (χ1) is 25.3. The zero-order valence-corrected chi connectivity index (χ0v) is 27.3. The van der Waals surface area contributed by atoms with E-state index >= 15 is 0 Å². The molecule has 0 aliphatic carbocycles. The molecule has 0 amide bonds. The number of hydrogen-bond donors (Lipinski definition) is 0. The number of fused-ring (bicyclic) bond motifs is 14. The van der Waals surface area contributed by atoms with Gasteiger partial charge in [0.25, 0.3) is 0 Å². The second-order valence-corrected chi connectivity index (χ2v) is 13.1. The molecule has 0 saturated heterocycles. The van der Waals surface area contributed by atoms with Gasteiger partial charge in [0.2, 0.25) is 0 Å². The van der Waals surface area contributed by atoms with Crippen LogP contribution < -0.4 is 0 Å². The highest BCUT2D eigenvalue weighted by molar-refractivity contribution is 6.25. The summed E-state index contributed by atoms with van der Waals surface area (Å²) in [5, 5.41) is 10.9. The van der Waals surface area contributed by atoms with Gasteiger partial charge in [-0.3, -0.25) is 4.40 Å². The van der Waals surface area contributed by atoms with Gasteiger partial charge in [-0.2, -0.15) is 0 Å². The average molecular weight is 650 g/mol. The molecule has 0 radical (unpaired) electrons. The van der Waals surface area contributed by atoms with Crippen LogP contribution in [0.5, 0.6) is 0 Å². The van der Waals surface area contributed by atoms with Crippen LogP contribution in [0.15, 0.2) is 164 Å². The zero-order valence-electron chi connectivity index (χ0n) is 27.3. The van der Waals surface area contributed by atoms with Crippen LogP contribution in [0.1, 0.15) is 0 Å². The van der Waals surface area contributed by atoms with Gasteiger partial charge in [0, 0.05) is 27.5 Å². The molecule has 51 heavy (non-hydrogen) atoms. The number of imidazole rings is 1. The number of pyridine rings is 1. The van der Waals surface area contributed by atoms with E-state index in [0.717, 1.165) is 44.3 Å². The molecular weight excluding hydrogens is 623 g/mol. The minimum absolute atomic E-state index is 0.607. The molecule has 0 aliphatic rings. The van der Waals surface area contributed by atoms with Crippen LogP contribution in [0.2, 0.25) is 0 Å². The van der Waals surface area contributed by atoms with Crippen molar-refractivity contribution in [3.8, 4) is 34.2 Å². The van der Waals surface area contributed by atoms with Gasteiger partial charge >= 0.3 is 0 Å². The molecule has 3 heterocycles. The Morgan fingerprint density at radius 3 is 1.43 bits per heavy atom. The molecule has 0 saturated carbocycles. The Labute approximate surface area is 292 Å². The van der Waals surface area contributed by atoms with Crippen LogP contribution in [-0.2, 0) is 0 Å². The van der Waals surface area contributed by atoms with Crippen molar-refractivity contribution in [1.82, 2.24) is 24.3 Å². The van der Waals surface area contributed by atoms with Gasteiger partial charge < -0.3 is 0 Å². The topological polar surface area (TPSA) is 56.0 Å².